The summed E-state index contributed by atoms with van der Waals surface area (Å²) in [6.45, 7) is 4.02. The summed E-state index contributed by atoms with van der Waals surface area (Å²) in [5, 5.41) is 11.0. The molecule has 0 saturated carbocycles. The lowest BCUT2D eigenvalue weighted by Gasteiger charge is -2.09. The first-order chi connectivity index (χ1) is 7.65. The smallest absolute Gasteiger partial charge is 0.129 e. The second kappa shape index (κ2) is 4.18. The van der Waals surface area contributed by atoms with Crippen LogP contribution in [-0.4, -0.2) is 17.2 Å². The molecule has 2 aromatic rings. The molecule has 0 spiro atoms. The van der Waals surface area contributed by atoms with E-state index < -0.39 is 0 Å². The molecule has 0 aliphatic carbocycles. The van der Waals surface area contributed by atoms with Crippen molar-refractivity contribution < 1.29 is 0 Å². The van der Waals surface area contributed by atoms with Gasteiger partial charge in [0.25, 0.3) is 0 Å². The molecule has 0 atom stereocenters. The summed E-state index contributed by atoms with van der Waals surface area (Å²) in [6, 6.07) is 5.90. The molecule has 84 valence electrons. The highest BCUT2D eigenvalue weighted by atomic mass is 35.5. The second-order valence-electron chi connectivity index (χ2n) is 3.74. The van der Waals surface area contributed by atoms with Gasteiger partial charge in [0.05, 0.1) is 5.69 Å². The third kappa shape index (κ3) is 1.67. The highest BCUT2D eigenvalue weighted by Gasteiger charge is 2.15. The van der Waals surface area contributed by atoms with Crippen molar-refractivity contribution in [1.82, 2.24) is 10.2 Å². The summed E-state index contributed by atoms with van der Waals surface area (Å²) < 4.78 is 0. The molecule has 0 aliphatic rings. The summed E-state index contributed by atoms with van der Waals surface area (Å²) >= 11 is 6.25. The van der Waals surface area contributed by atoms with Crippen LogP contribution in [0.2, 0.25) is 5.02 Å². The van der Waals surface area contributed by atoms with Crippen molar-refractivity contribution in [3.05, 3.63) is 34.5 Å². The Morgan fingerprint density at radius 3 is 2.62 bits per heavy atom. The minimum atomic E-state index is 0.751. The highest BCUT2D eigenvalue weighted by Crippen LogP contribution is 2.36. The maximum Gasteiger partial charge on any atom is 0.129 e. The van der Waals surface area contributed by atoms with Gasteiger partial charge in [0.15, 0.2) is 0 Å². The Hall–Kier alpha value is -1.48. The van der Waals surface area contributed by atoms with Crippen molar-refractivity contribution in [2.24, 2.45) is 0 Å². The molecule has 4 heteroatoms. The van der Waals surface area contributed by atoms with Gasteiger partial charge in [-0.25, -0.2) is 0 Å². The first kappa shape index (κ1) is 11.0. The average molecular weight is 236 g/mol. The number of nitrogens with zero attached hydrogens (tertiary/aromatic N) is 1. The van der Waals surface area contributed by atoms with E-state index in [4.69, 9.17) is 11.6 Å². The van der Waals surface area contributed by atoms with Crippen LogP contribution in [0, 0.1) is 13.8 Å². The molecule has 3 nitrogen and oxygen atoms in total. The van der Waals surface area contributed by atoms with E-state index in [0.29, 0.717) is 0 Å². The van der Waals surface area contributed by atoms with Crippen LogP contribution in [0.5, 0.6) is 0 Å². The molecule has 0 aliphatic heterocycles. The Bertz CT molecular complexity index is 497. The summed E-state index contributed by atoms with van der Waals surface area (Å²) in [4.78, 5) is 0. The molecule has 1 aromatic carbocycles. The number of H-pyrrole nitrogens is 1. The van der Waals surface area contributed by atoms with E-state index in [1.165, 1.54) is 0 Å². The minimum Gasteiger partial charge on any atom is -0.373 e. The van der Waals surface area contributed by atoms with Gasteiger partial charge in [-0.2, -0.15) is 5.10 Å². The predicted octanol–water partition coefficient (Wildman–Crippen LogP) is 3.39. The van der Waals surface area contributed by atoms with Crippen molar-refractivity contribution in [3.8, 4) is 11.1 Å². The van der Waals surface area contributed by atoms with Crippen LogP contribution in [0.4, 0.5) is 5.82 Å². The minimum absolute atomic E-state index is 0.751. The third-order valence-corrected chi connectivity index (χ3v) is 2.98. The van der Waals surface area contributed by atoms with E-state index in [1.807, 2.05) is 39.1 Å². The van der Waals surface area contributed by atoms with Gasteiger partial charge in [0.2, 0.25) is 0 Å². The average Bonchev–Trinajstić information content (AvgIpc) is 2.60. The van der Waals surface area contributed by atoms with Gasteiger partial charge >= 0.3 is 0 Å². The van der Waals surface area contributed by atoms with Gasteiger partial charge < -0.3 is 5.32 Å². The first-order valence-electron chi connectivity index (χ1n) is 5.13. The molecule has 16 heavy (non-hydrogen) atoms. The van der Waals surface area contributed by atoms with Crippen molar-refractivity contribution >= 4 is 17.4 Å². The molecule has 0 saturated heterocycles. The molecule has 1 heterocycles. The monoisotopic (exact) mass is 235 g/mol. The molecule has 1 aromatic heterocycles. The van der Waals surface area contributed by atoms with Crippen molar-refractivity contribution in [2.75, 3.05) is 12.4 Å². The van der Waals surface area contributed by atoms with Crippen LogP contribution in [0.1, 0.15) is 11.3 Å². The van der Waals surface area contributed by atoms with Gasteiger partial charge in [-0.1, -0.05) is 23.7 Å². The van der Waals surface area contributed by atoms with Gasteiger partial charge in [0, 0.05) is 23.2 Å². The second-order valence-corrected chi connectivity index (χ2v) is 4.15. The lowest BCUT2D eigenvalue weighted by atomic mass is 10.0. The normalized spacial score (nSPS) is 10.5. The topological polar surface area (TPSA) is 40.7 Å². The van der Waals surface area contributed by atoms with E-state index in [1.54, 1.807) is 0 Å². The van der Waals surface area contributed by atoms with E-state index in [2.05, 4.69) is 15.5 Å². The van der Waals surface area contributed by atoms with Crippen LogP contribution >= 0.6 is 11.6 Å². The molecule has 2 rings (SSSR count). The van der Waals surface area contributed by atoms with Crippen LogP contribution < -0.4 is 5.32 Å². The SMILES string of the molecule is CNc1[nH]nc(C)c1-c1c(C)cccc1Cl. The number of rotatable bonds is 2. The number of aryl methyl sites for hydroxylation is 2. The Balaban J connectivity index is 2.71. The molecule has 0 bridgehead atoms. The number of benzene rings is 1. The molecule has 0 radical (unpaired) electrons. The van der Waals surface area contributed by atoms with Crippen LogP contribution in [-0.2, 0) is 0 Å². The van der Waals surface area contributed by atoms with E-state index in [-0.39, 0.29) is 0 Å². The summed E-state index contributed by atoms with van der Waals surface area (Å²) in [7, 11) is 1.86. The Morgan fingerprint density at radius 1 is 1.25 bits per heavy atom. The largest absolute Gasteiger partial charge is 0.373 e. The molecule has 2 N–H and O–H groups in total. The molecular formula is C12H14ClN3. The Labute approximate surface area is 99.8 Å². The van der Waals surface area contributed by atoms with Crippen LogP contribution in [0.15, 0.2) is 18.2 Å². The van der Waals surface area contributed by atoms with Gasteiger partial charge in [-0.05, 0) is 25.5 Å². The number of hydrogen-bond donors (Lipinski definition) is 2. The predicted molar refractivity (Wildman–Crippen MR) is 68.1 cm³/mol. The highest BCUT2D eigenvalue weighted by molar-refractivity contribution is 6.33. The number of aromatic nitrogens is 2. The van der Waals surface area contributed by atoms with Gasteiger partial charge in [0.1, 0.15) is 5.82 Å². The van der Waals surface area contributed by atoms with Crippen molar-refractivity contribution in [3.63, 3.8) is 0 Å². The quantitative estimate of drug-likeness (QED) is 0.838. The number of hydrogen-bond acceptors (Lipinski definition) is 2. The van der Waals surface area contributed by atoms with Gasteiger partial charge in [-0.15, -0.1) is 0 Å². The molecule has 0 fully saturated rings. The first-order valence-corrected chi connectivity index (χ1v) is 5.51. The van der Waals surface area contributed by atoms with Crippen LogP contribution in [0.25, 0.3) is 11.1 Å². The fourth-order valence-corrected chi connectivity index (χ4v) is 2.18. The Morgan fingerprint density at radius 2 is 2.00 bits per heavy atom. The molecule has 0 amide bonds. The zero-order valence-electron chi connectivity index (χ0n) is 9.56. The maximum atomic E-state index is 6.25. The standard InChI is InChI=1S/C12H14ClN3/c1-7-5-4-6-9(13)10(7)11-8(2)15-16-12(11)14-3/h4-6H,1-3H3,(H2,14,15,16). The lowest BCUT2D eigenvalue weighted by molar-refractivity contribution is 1.05. The van der Waals surface area contributed by atoms with Crippen molar-refractivity contribution in [2.45, 2.75) is 13.8 Å². The number of anilines is 1. The van der Waals surface area contributed by atoms with Crippen LogP contribution in [0.3, 0.4) is 0 Å². The number of nitrogens with one attached hydrogen (secondary N) is 2. The third-order valence-electron chi connectivity index (χ3n) is 2.67. The Kier molecular flexibility index (Phi) is 2.88. The van der Waals surface area contributed by atoms with E-state index in [9.17, 15) is 0 Å². The number of aromatic amines is 1. The maximum absolute atomic E-state index is 6.25. The van der Waals surface area contributed by atoms with E-state index in [0.717, 1.165) is 33.2 Å². The summed E-state index contributed by atoms with van der Waals surface area (Å²) in [5.41, 5.74) is 4.18. The fraction of sp³-hybridized carbons (Fsp3) is 0.250. The summed E-state index contributed by atoms with van der Waals surface area (Å²) in [5.74, 6) is 0.897. The lowest BCUT2D eigenvalue weighted by Crippen LogP contribution is -1.93. The zero-order chi connectivity index (χ0) is 11.7. The van der Waals surface area contributed by atoms with Gasteiger partial charge in [-0.3, -0.25) is 5.10 Å². The number of halogens is 1. The molecular weight excluding hydrogens is 222 g/mol. The zero-order valence-corrected chi connectivity index (χ0v) is 10.3. The summed E-state index contributed by atoms with van der Waals surface area (Å²) in [6.07, 6.45) is 0. The molecule has 0 unspecified atom stereocenters. The van der Waals surface area contributed by atoms with Crippen molar-refractivity contribution in [1.29, 1.82) is 0 Å². The fourth-order valence-electron chi connectivity index (χ4n) is 1.87. The van der Waals surface area contributed by atoms with E-state index >= 15 is 0 Å².